The predicted molar refractivity (Wildman–Crippen MR) is 90.7 cm³/mol. The molecule has 0 aromatic carbocycles. The zero-order valence-corrected chi connectivity index (χ0v) is 14.1. The molecule has 4 saturated carbocycles. The van der Waals surface area contributed by atoms with Gasteiger partial charge in [-0.15, -0.1) is 0 Å². The lowest BCUT2D eigenvalue weighted by Gasteiger charge is -2.18. The van der Waals surface area contributed by atoms with Crippen molar-refractivity contribution in [2.45, 2.75) is 31.6 Å². The van der Waals surface area contributed by atoms with Crippen molar-refractivity contribution in [1.82, 2.24) is 20.6 Å². The maximum absolute atomic E-state index is 8.92. The number of imidazole rings is 1. The summed E-state index contributed by atoms with van der Waals surface area (Å²) in [6, 6.07) is 0.545. The number of nitrogens with zero attached hydrogens (tertiary/aromatic N) is 3. The Morgan fingerprint density at radius 1 is 1.52 bits per heavy atom. The molecule has 122 valence electrons. The number of aromatic amines is 1. The minimum Gasteiger partial charge on any atom is -0.352 e. The van der Waals surface area contributed by atoms with Crippen molar-refractivity contribution in [2.24, 2.45) is 28.7 Å². The van der Waals surface area contributed by atoms with E-state index in [0.29, 0.717) is 18.5 Å². The first kappa shape index (κ1) is 14.9. The molecule has 0 spiro atoms. The van der Waals surface area contributed by atoms with Crippen molar-refractivity contribution in [3.05, 3.63) is 17.7 Å². The van der Waals surface area contributed by atoms with E-state index >= 15 is 0 Å². The highest BCUT2D eigenvalue weighted by atomic mass is 32.2. The number of nitrogens with one attached hydrogen (secondary N) is 3. The number of rotatable bonds is 6. The second kappa shape index (κ2) is 6.08. The number of hydrogen-bond donors (Lipinski definition) is 3. The van der Waals surface area contributed by atoms with E-state index in [4.69, 9.17) is 5.26 Å². The molecule has 0 saturated heterocycles. The van der Waals surface area contributed by atoms with Gasteiger partial charge in [-0.25, -0.2) is 4.98 Å². The lowest BCUT2D eigenvalue weighted by molar-refractivity contribution is 0.478. The van der Waals surface area contributed by atoms with Crippen molar-refractivity contribution in [2.75, 3.05) is 12.3 Å². The monoisotopic (exact) mass is 330 g/mol. The molecule has 0 amide bonds. The van der Waals surface area contributed by atoms with Gasteiger partial charge < -0.3 is 10.3 Å². The number of hydrogen-bond acceptors (Lipinski definition) is 4. The fourth-order valence-electron chi connectivity index (χ4n) is 4.54. The smallest absolute Gasteiger partial charge is 0.204 e. The van der Waals surface area contributed by atoms with E-state index in [2.05, 4.69) is 25.6 Å². The predicted octanol–water partition coefficient (Wildman–Crippen LogP) is 1.62. The summed E-state index contributed by atoms with van der Waals surface area (Å²) in [4.78, 5) is 11.9. The van der Waals surface area contributed by atoms with Crippen LogP contribution in [0, 0.1) is 42.1 Å². The van der Waals surface area contributed by atoms with Crippen LogP contribution in [0.4, 0.5) is 0 Å². The van der Waals surface area contributed by atoms with E-state index in [-0.39, 0.29) is 0 Å². The SMILES string of the molecule is Cc1[nH]cnc1CSCCN=C(NC#N)NC1C2CC3C(C2)C31. The largest absolute Gasteiger partial charge is 0.352 e. The van der Waals surface area contributed by atoms with Gasteiger partial charge in [0.05, 0.1) is 18.6 Å². The summed E-state index contributed by atoms with van der Waals surface area (Å²) in [6.45, 7) is 2.75. The molecular weight excluding hydrogens is 308 g/mol. The molecule has 1 aromatic heterocycles. The Labute approximate surface area is 140 Å². The Morgan fingerprint density at radius 2 is 2.35 bits per heavy atom. The molecule has 4 bridgehead atoms. The highest BCUT2D eigenvalue weighted by molar-refractivity contribution is 7.98. The van der Waals surface area contributed by atoms with Crippen LogP contribution in [-0.2, 0) is 5.75 Å². The number of aryl methyl sites for hydroxylation is 1. The Hall–Kier alpha value is -1.68. The lowest BCUT2D eigenvalue weighted by atomic mass is 10.1. The average Bonchev–Trinajstić information content (AvgIpc) is 3.00. The van der Waals surface area contributed by atoms with Gasteiger partial charge in [-0.05, 0) is 43.4 Å². The van der Waals surface area contributed by atoms with Gasteiger partial charge >= 0.3 is 0 Å². The van der Waals surface area contributed by atoms with E-state index in [0.717, 1.165) is 46.6 Å². The third-order valence-electron chi connectivity index (χ3n) is 5.63. The first-order valence-corrected chi connectivity index (χ1v) is 9.46. The molecule has 4 aliphatic rings. The van der Waals surface area contributed by atoms with Crippen LogP contribution in [0.25, 0.3) is 0 Å². The molecule has 5 rings (SSSR count). The molecule has 3 N–H and O–H groups in total. The zero-order valence-electron chi connectivity index (χ0n) is 13.2. The summed E-state index contributed by atoms with van der Waals surface area (Å²) < 4.78 is 0. The summed E-state index contributed by atoms with van der Waals surface area (Å²) in [5, 5.41) is 15.1. The summed E-state index contributed by atoms with van der Waals surface area (Å²) in [6.07, 6.45) is 6.50. The van der Waals surface area contributed by atoms with E-state index in [1.165, 1.54) is 12.8 Å². The second-order valence-electron chi connectivity index (χ2n) is 6.80. The van der Waals surface area contributed by atoms with Crippen molar-refractivity contribution >= 4 is 17.7 Å². The van der Waals surface area contributed by atoms with Crippen molar-refractivity contribution in [3.63, 3.8) is 0 Å². The molecule has 3 atom stereocenters. The summed E-state index contributed by atoms with van der Waals surface area (Å²) in [7, 11) is 0. The second-order valence-corrected chi connectivity index (χ2v) is 7.91. The van der Waals surface area contributed by atoms with Gasteiger partial charge in [0.25, 0.3) is 0 Å². The number of guanidine groups is 1. The number of aliphatic imine (C=N–C) groups is 1. The molecule has 6 nitrogen and oxygen atoms in total. The van der Waals surface area contributed by atoms with Crippen molar-refractivity contribution < 1.29 is 0 Å². The van der Waals surface area contributed by atoms with Crippen LogP contribution in [0.15, 0.2) is 11.3 Å². The van der Waals surface area contributed by atoms with Gasteiger partial charge in [0.1, 0.15) is 0 Å². The normalized spacial score (nSPS) is 33.6. The standard InChI is InChI=1S/C16H22N6S/c1-9-13(21-8-20-9)6-23-3-2-18-16(19-7-17)22-15-10-4-11-12(5-10)14(11)15/h8,10-12,14-15H,2-6H2,1H3,(H,20,21)(H2,18,19,22). The Morgan fingerprint density at radius 3 is 2.96 bits per heavy atom. The van der Waals surface area contributed by atoms with E-state index in [1.807, 2.05) is 24.9 Å². The number of H-pyrrole nitrogens is 1. The summed E-state index contributed by atoms with van der Waals surface area (Å²) >= 11 is 1.82. The van der Waals surface area contributed by atoms with Crippen LogP contribution in [0.1, 0.15) is 24.2 Å². The highest BCUT2D eigenvalue weighted by Crippen LogP contribution is 2.70. The fourth-order valence-corrected chi connectivity index (χ4v) is 5.39. The zero-order chi connectivity index (χ0) is 15.8. The molecule has 3 unspecified atom stereocenters. The Bertz CT molecular complexity index is 633. The third-order valence-corrected chi connectivity index (χ3v) is 6.58. The lowest BCUT2D eigenvalue weighted by Crippen LogP contribution is -2.43. The van der Waals surface area contributed by atoms with Crippen LogP contribution in [0.2, 0.25) is 0 Å². The van der Waals surface area contributed by atoms with Gasteiger partial charge in [-0.1, -0.05) is 0 Å². The molecule has 1 aromatic rings. The molecule has 1 heterocycles. The van der Waals surface area contributed by atoms with Crippen LogP contribution < -0.4 is 10.6 Å². The topological polar surface area (TPSA) is 88.9 Å². The molecule has 7 heteroatoms. The number of thioether (sulfide) groups is 1. The average molecular weight is 330 g/mol. The molecule has 0 radical (unpaired) electrons. The minimum absolute atomic E-state index is 0.545. The highest BCUT2D eigenvalue weighted by Gasteiger charge is 2.68. The van der Waals surface area contributed by atoms with E-state index in [1.54, 1.807) is 6.33 Å². The molecule has 0 aliphatic heterocycles. The first-order chi connectivity index (χ1) is 11.3. The Balaban J connectivity index is 1.24. The third kappa shape index (κ3) is 2.80. The van der Waals surface area contributed by atoms with Crippen molar-refractivity contribution in [1.29, 1.82) is 5.26 Å². The van der Waals surface area contributed by atoms with Crippen LogP contribution in [0.5, 0.6) is 0 Å². The van der Waals surface area contributed by atoms with Crippen LogP contribution >= 0.6 is 11.8 Å². The molecule has 23 heavy (non-hydrogen) atoms. The summed E-state index contributed by atoms with van der Waals surface area (Å²) in [5.74, 6) is 6.07. The van der Waals surface area contributed by atoms with Crippen molar-refractivity contribution in [3.8, 4) is 6.19 Å². The molecule has 4 aliphatic carbocycles. The minimum atomic E-state index is 0.545. The summed E-state index contributed by atoms with van der Waals surface area (Å²) in [5.41, 5.74) is 2.24. The van der Waals surface area contributed by atoms with Gasteiger partial charge in [-0.3, -0.25) is 10.3 Å². The number of nitriles is 1. The van der Waals surface area contributed by atoms with E-state index in [9.17, 15) is 0 Å². The maximum atomic E-state index is 8.92. The first-order valence-electron chi connectivity index (χ1n) is 8.30. The quantitative estimate of drug-likeness (QED) is 0.242. The van der Waals surface area contributed by atoms with Gasteiger partial charge in [-0.2, -0.15) is 17.0 Å². The maximum Gasteiger partial charge on any atom is 0.204 e. The Kier molecular flexibility index (Phi) is 3.93. The van der Waals surface area contributed by atoms with Gasteiger partial charge in [0.2, 0.25) is 5.96 Å². The van der Waals surface area contributed by atoms with Gasteiger partial charge in [0, 0.05) is 23.2 Å². The number of aromatic nitrogens is 2. The van der Waals surface area contributed by atoms with Gasteiger partial charge in [0.15, 0.2) is 6.19 Å². The van der Waals surface area contributed by atoms with Crippen LogP contribution in [-0.4, -0.2) is 34.3 Å². The van der Waals surface area contributed by atoms with Crippen LogP contribution in [0.3, 0.4) is 0 Å². The van der Waals surface area contributed by atoms with E-state index < -0.39 is 0 Å². The molecular formula is C16H22N6S. The molecule has 4 fully saturated rings. The fraction of sp³-hybridized carbons (Fsp3) is 0.688.